The van der Waals surface area contributed by atoms with Crippen molar-refractivity contribution in [2.75, 3.05) is 14.2 Å². The summed E-state index contributed by atoms with van der Waals surface area (Å²) in [5, 5.41) is 0. The SMILES string of the molecule is COc1cccc(-c2ccc(C=O)c(OC)c2)c1. The maximum Gasteiger partial charge on any atom is 0.153 e. The topological polar surface area (TPSA) is 35.5 Å². The highest BCUT2D eigenvalue weighted by atomic mass is 16.5. The molecule has 0 aromatic heterocycles. The normalized spacial score (nSPS) is 9.89. The predicted octanol–water partition coefficient (Wildman–Crippen LogP) is 3.18. The van der Waals surface area contributed by atoms with Gasteiger partial charge in [-0.3, -0.25) is 4.79 Å². The molecule has 0 fully saturated rings. The minimum absolute atomic E-state index is 0.546. The second-order valence-electron chi connectivity index (χ2n) is 3.81. The Bertz CT molecular complexity index is 561. The smallest absolute Gasteiger partial charge is 0.153 e. The molecule has 3 nitrogen and oxygen atoms in total. The van der Waals surface area contributed by atoms with Gasteiger partial charge in [0.05, 0.1) is 19.8 Å². The predicted molar refractivity (Wildman–Crippen MR) is 70.4 cm³/mol. The minimum Gasteiger partial charge on any atom is -0.497 e. The Kier molecular flexibility index (Phi) is 3.63. The maximum absolute atomic E-state index is 10.8. The van der Waals surface area contributed by atoms with Crippen molar-refractivity contribution < 1.29 is 14.3 Å². The van der Waals surface area contributed by atoms with Crippen LogP contribution in [0, 0.1) is 0 Å². The summed E-state index contributed by atoms with van der Waals surface area (Å²) >= 11 is 0. The zero-order valence-corrected chi connectivity index (χ0v) is 10.3. The molecular formula is C15H14O3. The van der Waals surface area contributed by atoms with E-state index in [1.54, 1.807) is 20.3 Å². The average Bonchev–Trinajstić information content (AvgIpc) is 2.46. The lowest BCUT2D eigenvalue weighted by molar-refractivity contribution is 0.112. The molecule has 0 atom stereocenters. The van der Waals surface area contributed by atoms with Crippen molar-refractivity contribution in [3.63, 3.8) is 0 Å². The van der Waals surface area contributed by atoms with Crippen LogP contribution in [-0.2, 0) is 0 Å². The van der Waals surface area contributed by atoms with Crippen molar-refractivity contribution in [1.29, 1.82) is 0 Å². The monoisotopic (exact) mass is 242 g/mol. The zero-order chi connectivity index (χ0) is 13.0. The first-order valence-electron chi connectivity index (χ1n) is 5.56. The molecule has 0 saturated heterocycles. The summed E-state index contributed by atoms with van der Waals surface area (Å²) in [4.78, 5) is 10.8. The van der Waals surface area contributed by atoms with Gasteiger partial charge >= 0.3 is 0 Å². The van der Waals surface area contributed by atoms with Gasteiger partial charge in [0.25, 0.3) is 0 Å². The molecule has 0 heterocycles. The van der Waals surface area contributed by atoms with Crippen LogP contribution >= 0.6 is 0 Å². The lowest BCUT2D eigenvalue weighted by atomic mass is 10.0. The van der Waals surface area contributed by atoms with Crippen LogP contribution in [0.2, 0.25) is 0 Å². The zero-order valence-electron chi connectivity index (χ0n) is 10.3. The molecule has 2 rings (SSSR count). The van der Waals surface area contributed by atoms with E-state index in [4.69, 9.17) is 9.47 Å². The second-order valence-corrected chi connectivity index (χ2v) is 3.81. The van der Waals surface area contributed by atoms with Crippen LogP contribution < -0.4 is 9.47 Å². The van der Waals surface area contributed by atoms with Gasteiger partial charge < -0.3 is 9.47 Å². The standard InChI is InChI=1S/C15H14O3/c1-17-14-5-3-4-11(8-14)12-6-7-13(10-16)15(9-12)18-2/h3-10H,1-2H3. The van der Waals surface area contributed by atoms with Gasteiger partial charge in [-0.1, -0.05) is 18.2 Å². The Morgan fingerprint density at radius 1 is 0.944 bits per heavy atom. The highest BCUT2D eigenvalue weighted by Crippen LogP contribution is 2.28. The van der Waals surface area contributed by atoms with Gasteiger partial charge in [-0.15, -0.1) is 0 Å². The molecule has 0 bridgehead atoms. The first-order valence-corrected chi connectivity index (χ1v) is 5.56. The van der Waals surface area contributed by atoms with E-state index in [9.17, 15) is 4.79 Å². The van der Waals surface area contributed by atoms with E-state index >= 15 is 0 Å². The molecule has 3 heteroatoms. The highest BCUT2D eigenvalue weighted by Gasteiger charge is 2.05. The summed E-state index contributed by atoms with van der Waals surface area (Å²) < 4.78 is 10.4. The summed E-state index contributed by atoms with van der Waals surface area (Å²) in [5.41, 5.74) is 2.55. The van der Waals surface area contributed by atoms with Gasteiger partial charge in [-0.25, -0.2) is 0 Å². The highest BCUT2D eigenvalue weighted by molar-refractivity contribution is 5.82. The number of ether oxygens (including phenoxy) is 2. The molecule has 0 radical (unpaired) electrons. The van der Waals surface area contributed by atoms with Crippen molar-refractivity contribution in [1.82, 2.24) is 0 Å². The molecule has 0 saturated carbocycles. The van der Waals surface area contributed by atoms with Crippen LogP contribution in [0.3, 0.4) is 0 Å². The number of aldehydes is 1. The third-order valence-corrected chi connectivity index (χ3v) is 2.76. The van der Waals surface area contributed by atoms with Crippen LogP contribution in [0.4, 0.5) is 0 Å². The molecule has 0 aliphatic carbocycles. The molecule has 2 aromatic rings. The number of hydrogen-bond acceptors (Lipinski definition) is 3. The van der Waals surface area contributed by atoms with Gasteiger partial charge in [0.15, 0.2) is 6.29 Å². The summed E-state index contributed by atoms with van der Waals surface area (Å²) in [7, 11) is 3.19. The first-order chi connectivity index (χ1) is 8.78. The number of methoxy groups -OCH3 is 2. The first kappa shape index (κ1) is 12.2. The third-order valence-electron chi connectivity index (χ3n) is 2.76. The van der Waals surface area contributed by atoms with E-state index in [-0.39, 0.29) is 0 Å². The van der Waals surface area contributed by atoms with E-state index in [1.165, 1.54) is 0 Å². The Morgan fingerprint density at radius 3 is 2.39 bits per heavy atom. The molecular weight excluding hydrogens is 228 g/mol. The number of carbonyl (C=O) groups is 1. The molecule has 0 spiro atoms. The molecule has 2 aromatic carbocycles. The minimum atomic E-state index is 0.546. The second kappa shape index (κ2) is 5.36. The largest absolute Gasteiger partial charge is 0.497 e. The van der Waals surface area contributed by atoms with Gasteiger partial charge in [0, 0.05) is 0 Å². The molecule has 18 heavy (non-hydrogen) atoms. The van der Waals surface area contributed by atoms with Gasteiger partial charge in [-0.05, 0) is 35.4 Å². The fourth-order valence-electron chi connectivity index (χ4n) is 1.79. The summed E-state index contributed by atoms with van der Waals surface area (Å²) in [5.74, 6) is 1.37. The third kappa shape index (κ3) is 2.35. The Balaban J connectivity index is 2.47. The van der Waals surface area contributed by atoms with Gasteiger partial charge in [-0.2, -0.15) is 0 Å². The quantitative estimate of drug-likeness (QED) is 0.772. The maximum atomic E-state index is 10.8. The van der Waals surface area contributed by atoms with Crippen molar-refractivity contribution in [2.24, 2.45) is 0 Å². The molecule has 0 unspecified atom stereocenters. The van der Waals surface area contributed by atoms with Gasteiger partial charge in [0.1, 0.15) is 11.5 Å². The van der Waals surface area contributed by atoms with Crippen LogP contribution in [0.15, 0.2) is 42.5 Å². The number of carbonyl (C=O) groups excluding carboxylic acids is 1. The fourth-order valence-corrected chi connectivity index (χ4v) is 1.79. The van der Waals surface area contributed by atoms with E-state index in [2.05, 4.69) is 0 Å². The Morgan fingerprint density at radius 2 is 1.72 bits per heavy atom. The van der Waals surface area contributed by atoms with Gasteiger partial charge in [0.2, 0.25) is 0 Å². The Labute approximate surface area is 106 Å². The van der Waals surface area contributed by atoms with E-state index < -0.39 is 0 Å². The molecule has 92 valence electrons. The number of rotatable bonds is 4. The van der Waals surface area contributed by atoms with Crippen LogP contribution in [0.1, 0.15) is 10.4 Å². The summed E-state index contributed by atoms with van der Waals surface area (Å²) in [6.45, 7) is 0. The van der Waals surface area contributed by atoms with Crippen molar-refractivity contribution >= 4 is 6.29 Å². The van der Waals surface area contributed by atoms with Crippen molar-refractivity contribution in [3.8, 4) is 22.6 Å². The lowest BCUT2D eigenvalue weighted by Crippen LogP contribution is -1.91. The van der Waals surface area contributed by atoms with Crippen molar-refractivity contribution in [3.05, 3.63) is 48.0 Å². The van der Waals surface area contributed by atoms with E-state index in [0.717, 1.165) is 23.2 Å². The Hall–Kier alpha value is -2.29. The molecule has 0 aliphatic rings. The van der Waals surface area contributed by atoms with Crippen molar-refractivity contribution in [2.45, 2.75) is 0 Å². The fraction of sp³-hybridized carbons (Fsp3) is 0.133. The van der Waals surface area contributed by atoms with Crippen LogP contribution in [0.25, 0.3) is 11.1 Å². The molecule has 0 N–H and O–H groups in total. The van der Waals surface area contributed by atoms with Crippen LogP contribution in [0.5, 0.6) is 11.5 Å². The lowest BCUT2D eigenvalue weighted by Gasteiger charge is -2.08. The number of hydrogen-bond donors (Lipinski definition) is 0. The van der Waals surface area contributed by atoms with Crippen LogP contribution in [-0.4, -0.2) is 20.5 Å². The summed E-state index contributed by atoms with van der Waals surface area (Å²) in [6, 6.07) is 13.2. The number of benzene rings is 2. The van der Waals surface area contributed by atoms with E-state index in [0.29, 0.717) is 11.3 Å². The van der Waals surface area contributed by atoms with E-state index in [1.807, 2.05) is 36.4 Å². The molecule has 0 amide bonds. The molecule has 0 aliphatic heterocycles. The summed E-state index contributed by atoms with van der Waals surface area (Å²) in [6.07, 6.45) is 0.786. The average molecular weight is 242 g/mol.